The van der Waals surface area contributed by atoms with Crippen molar-refractivity contribution in [1.82, 2.24) is 10.0 Å². The van der Waals surface area contributed by atoms with Crippen LogP contribution in [0.25, 0.3) is 21.9 Å². The molecule has 0 radical (unpaired) electrons. The van der Waals surface area contributed by atoms with E-state index < -0.39 is 22.0 Å². The molecule has 0 saturated heterocycles. The quantitative estimate of drug-likeness (QED) is 0.247. The molecule has 1 atom stereocenters. The van der Waals surface area contributed by atoms with Gasteiger partial charge in [-0.2, -0.15) is 4.72 Å². The number of benzene rings is 3. The summed E-state index contributed by atoms with van der Waals surface area (Å²) in [5.41, 5.74) is 1.18. The molecular weight excluding hydrogens is 484 g/mol. The van der Waals surface area contributed by atoms with Crippen LogP contribution in [0, 0.1) is 0 Å². The summed E-state index contributed by atoms with van der Waals surface area (Å²) in [6.07, 6.45) is 0.947. The van der Waals surface area contributed by atoms with E-state index in [1.54, 1.807) is 36.4 Å². The molecule has 1 amide bonds. The van der Waals surface area contributed by atoms with E-state index in [9.17, 15) is 23.1 Å². The predicted octanol–water partition coefficient (Wildman–Crippen LogP) is 3.68. The zero-order valence-corrected chi connectivity index (χ0v) is 20.2. The molecule has 1 unspecified atom stereocenters. The van der Waals surface area contributed by atoms with Crippen LogP contribution in [0.15, 0.2) is 82.1 Å². The Kier molecular flexibility index (Phi) is 7.87. The Labute approximate surface area is 208 Å². The van der Waals surface area contributed by atoms with Gasteiger partial charge >= 0.3 is 5.97 Å². The summed E-state index contributed by atoms with van der Waals surface area (Å²) in [4.78, 5) is 23.6. The number of hydrogen-bond acceptors (Lipinski definition) is 6. The number of nitrogens with one attached hydrogen (secondary N) is 2. The summed E-state index contributed by atoms with van der Waals surface area (Å²) in [7, 11) is -4.09. The van der Waals surface area contributed by atoms with E-state index >= 15 is 0 Å². The molecule has 0 aliphatic rings. The third-order valence-electron chi connectivity index (χ3n) is 5.61. The zero-order chi connectivity index (χ0) is 25.5. The minimum atomic E-state index is -4.09. The van der Waals surface area contributed by atoms with Crippen LogP contribution in [-0.2, 0) is 19.6 Å². The lowest BCUT2D eigenvalue weighted by Crippen LogP contribution is -2.40. The van der Waals surface area contributed by atoms with Gasteiger partial charge in [-0.3, -0.25) is 9.59 Å². The van der Waals surface area contributed by atoms with Crippen molar-refractivity contribution < 1.29 is 32.3 Å². The second kappa shape index (κ2) is 11.2. The Bertz CT molecular complexity index is 1470. The number of furan rings is 1. The fraction of sp³-hybridized carbons (Fsp3) is 0.231. The van der Waals surface area contributed by atoms with Crippen LogP contribution in [-0.4, -0.2) is 44.6 Å². The van der Waals surface area contributed by atoms with Gasteiger partial charge in [-0.05, 0) is 55.7 Å². The number of fused-ring (bicyclic) bond motifs is 3. The molecule has 188 valence electrons. The molecule has 0 fully saturated rings. The van der Waals surface area contributed by atoms with Gasteiger partial charge in [0.25, 0.3) is 5.91 Å². The molecule has 4 aromatic rings. The Morgan fingerprint density at radius 1 is 0.917 bits per heavy atom. The van der Waals surface area contributed by atoms with Gasteiger partial charge in [0.1, 0.15) is 23.0 Å². The van der Waals surface area contributed by atoms with Crippen LogP contribution in [0.1, 0.15) is 19.3 Å². The fourth-order valence-electron chi connectivity index (χ4n) is 3.78. The third-order valence-corrected chi connectivity index (χ3v) is 7.08. The molecule has 9 nitrogen and oxygen atoms in total. The molecule has 36 heavy (non-hydrogen) atoms. The minimum absolute atomic E-state index is 0.0431. The fourth-order valence-corrected chi connectivity index (χ4v) is 5.03. The highest BCUT2D eigenvalue weighted by Gasteiger charge is 2.25. The topological polar surface area (TPSA) is 135 Å². The van der Waals surface area contributed by atoms with E-state index in [1.807, 2.05) is 24.3 Å². The van der Waals surface area contributed by atoms with Gasteiger partial charge in [-0.15, -0.1) is 0 Å². The first kappa shape index (κ1) is 25.2. The normalized spacial score (nSPS) is 12.4. The molecular formula is C26H26N2O7S. The highest BCUT2D eigenvalue weighted by atomic mass is 32.2. The molecule has 0 aliphatic heterocycles. The van der Waals surface area contributed by atoms with E-state index in [2.05, 4.69) is 10.0 Å². The number of carbonyl (C=O) groups is 2. The van der Waals surface area contributed by atoms with Crippen LogP contribution in [0.2, 0.25) is 0 Å². The first-order chi connectivity index (χ1) is 17.3. The molecule has 0 saturated carbocycles. The van der Waals surface area contributed by atoms with Crippen molar-refractivity contribution in [3.05, 3.63) is 72.8 Å². The Hall–Kier alpha value is -3.89. The maximum atomic E-state index is 12.9. The van der Waals surface area contributed by atoms with Crippen LogP contribution < -0.4 is 14.8 Å². The first-order valence-electron chi connectivity index (χ1n) is 11.4. The number of carboxylic acid groups (broad SMARTS) is 1. The summed E-state index contributed by atoms with van der Waals surface area (Å²) in [5, 5.41) is 13.7. The number of aliphatic carboxylic acids is 1. The summed E-state index contributed by atoms with van der Waals surface area (Å²) < 4.78 is 39.3. The van der Waals surface area contributed by atoms with E-state index in [4.69, 9.17) is 9.15 Å². The number of hydrogen-bond donors (Lipinski definition) is 3. The molecule has 3 N–H and O–H groups in total. The van der Waals surface area contributed by atoms with Gasteiger partial charge in [-0.25, -0.2) is 8.42 Å². The number of carbonyl (C=O) groups excluding carboxylic acids is 1. The number of rotatable bonds is 12. The summed E-state index contributed by atoms with van der Waals surface area (Å²) in [6, 6.07) is 19.3. The van der Waals surface area contributed by atoms with Gasteiger partial charge in [-0.1, -0.05) is 36.4 Å². The van der Waals surface area contributed by atoms with Crippen LogP contribution in [0.3, 0.4) is 0 Å². The number of sulfonamides is 1. The lowest BCUT2D eigenvalue weighted by Gasteiger charge is -2.15. The van der Waals surface area contributed by atoms with Crippen molar-refractivity contribution in [2.24, 2.45) is 0 Å². The molecule has 10 heteroatoms. The lowest BCUT2D eigenvalue weighted by molar-refractivity contribution is -0.139. The highest BCUT2D eigenvalue weighted by molar-refractivity contribution is 7.89. The molecule has 0 spiro atoms. The Morgan fingerprint density at radius 2 is 1.64 bits per heavy atom. The van der Waals surface area contributed by atoms with Gasteiger partial charge in [0.05, 0.1) is 4.90 Å². The largest absolute Gasteiger partial charge is 0.484 e. The second-order valence-corrected chi connectivity index (χ2v) is 9.93. The number of carboxylic acids is 1. The Balaban J connectivity index is 1.29. The molecule has 0 aliphatic carbocycles. The molecule has 0 bridgehead atoms. The van der Waals surface area contributed by atoms with E-state index in [-0.39, 0.29) is 23.8 Å². The maximum absolute atomic E-state index is 12.9. The van der Waals surface area contributed by atoms with Gasteiger partial charge in [0, 0.05) is 17.3 Å². The SMILES string of the molecule is O=C(COc1ccccc1)NCCCCC(NS(=O)(=O)c1ccc2oc3ccccc3c2c1)C(=O)O. The maximum Gasteiger partial charge on any atom is 0.321 e. The summed E-state index contributed by atoms with van der Waals surface area (Å²) in [5.74, 6) is -0.977. The smallest absolute Gasteiger partial charge is 0.321 e. The van der Waals surface area contributed by atoms with Crippen molar-refractivity contribution in [3.63, 3.8) is 0 Å². The number of amides is 1. The monoisotopic (exact) mass is 510 g/mol. The van der Waals surface area contributed by atoms with Gasteiger partial charge in [0.15, 0.2) is 6.61 Å². The standard InChI is InChI=1S/C26H26N2O7S/c29-25(17-34-18-8-2-1-3-9-18)27-15-7-6-11-22(26(30)31)28-36(32,33)19-13-14-24-21(16-19)20-10-4-5-12-23(20)35-24/h1-5,8-10,12-14,16,22,28H,6-7,11,15,17H2,(H,27,29)(H,30,31). The summed E-state index contributed by atoms with van der Waals surface area (Å²) in [6.45, 7) is 0.193. The van der Waals surface area contributed by atoms with Crippen molar-refractivity contribution in [2.75, 3.05) is 13.2 Å². The molecule has 4 rings (SSSR count). The number of para-hydroxylation sites is 2. The average Bonchev–Trinajstić information content (AvgIpc) is 3.25. The predicted molar refractivity (Wildman–Crippen MR) is 134 cm³/mol. The number of unbranched alkanes of at least 4 members (excludes halogenated alkanes) is 1. The van der Waals surface area contributed by atoms with Crippen molar-refractivity contribution >= 4 is 43.8 Å². The van der Waals surface area contributed by atoms with E-state index in [1.165, 1.54) is 12.1 Å². The van der Waals surface area contributed by atoms with E-state index in [0.717, 1.165) is 5.39 Å². The van der Waals surface area contributed by atoms with Crippen LogP contribution in [0.4, 0.5) is 0 Å². The lowest BCUT2D eigenvalue weighted by atomic mass is 10.1. The van der Waals surface area contributed by atoms with Crippen LogP contribution in [0.5, 0.6) is 5.75 Å². The minimum Gasteiger partial charge on any atom is -0.484 e. The van der Waals surface area contributed by atoms with E-state index in [0.29, 0.717) is 41.7 Å². The molecule has 1 aromatic heterocycles. The Morgan fingerprint density at radius 3 is 2.42 bits per heavy atom. The van der Waals surface area contributed by atoms with Gasteiger partial charge in [0.2, 0.25) is 10.0 Å². The van der Waals surface area contributed by atoms with Gasteiger partial charge < -0.3 is 19.6 Å². The van der Waals surface area contributed by atoms with Crippen molar-refractivity contribution in [3.8, 4) is 5.75 Å². The first-order valence-corrected chi connectivity index (χ1v) is 12.9. The van der Waals surface area contributed by atoms with Crippen molar-refractivity contribution in [2.45, 2.75) is 30.2 Å². The second-order valence-electron chi connectivity index (χ2n) is 8.22. The zero-order valence-electron chi connectivity index (χ0n) is 19.3. The average molecular weight is 511 g/mol. The number of ether oxygens (including phenoxy) is 1. The highest BCUT2D eigenvalue weighted by Crippen LogP contribution is 2.30. The molecule has 1 heterocycles. The summed E-state index contributed by atoms with van der Waals surface area (Å²) >= 11 is 0. The molecule has 3 aromatic carbocycles. The third kappa shape index (κ3) is 6.21. The van der Waals surface area contributed by atoms with Crippen LogP contribution >= 0.6 is 0 Å². The van der Waals surface area contributed by atoms with Crippen molar-refractivity contribution in [1.29, 1.82) is 0 Å².